The highest BCUT2D eigenvalue weighted by Gasteiger charge is 1.90. The Morgan fingerprint density at radius 3 is 1.65 bits per heavy atom. The molecule has 1 rings (SSSR count). The van der Waals surface area contributed by atoms with Crippen LogP contribution in [-0.4, -0.2) is 16.8 Å². The lowest BCUT2D eigenvalue weighted by atomic mass is 10.1. The second-order valence-corrected chi connectivity index (χ2v) is 5.58. The Kier molecular flexibility index (Phi) is 14.2. The number of hydrogen-bond acceptors (Lipinski definition) is 3. The highest BCUT2D eigenvalue weighted by molar-refractivity contribution is 7.80. The molecule has 20 heavy (non-hydrogen) atoms. The van der Waals surface area contributed by atoms with Crippen molar-refractivity contribution in [1.82, 2.24) is 0 Å². The smallest absolute Gasteiger partial charge is 0.115 e. The zero-order chi connectivity index (χ0) is 15.1. The van der Waals surface area contributed by atoms with Gasteiger partial charge in [0.15, 0.2) is 0 Å². The summed E-state index contributed by atoms with van der Waals surface area (Å²) in [5.74, 6) is 0.280. The van der Waals surface area contributed by atoms with E-state index in [4.69, 9.17) is 10.2 Å². The lowest BCUT2D eigenvalue weighted by Gasteiger charge is -1.99. The second kappa shape index (κ2) is 14.7. The van der Waals surface area contributed by atoms with Gasteiger partial charge < -0.3 is 10.2 Å². The number of thiol groups is 1. The van der Waals surface area contributed by atoms with E-state index in [1.165, 1.54) is 51.4 Å². The van der Waals surface area contributed by atoms with Gasteiger partial charge in [-0.25, -0.2) is 0 Å². The highest BCUT2D eigenvalue weighted by atomic mass is 32.1. The minimum absolute atomic E-state index is 0.280. The topological polar surface area (TPSA) is 40.5 Å². The highest BCUT2D eigenvalue weighted by Crippen LogP contribution is 2.11. The van der Waals surface area contributed by atoms with Gasteiger partial charge in [-0.1, -0.05) is 58.3 Å². The molecule has 0 atom stereocenters. The molecule has 0 aromatic heterocycles. The van der Waals surface area contributed by atoms with Gasteiger partial charge in [0.2, 0.25) is 0 Å². The summed E-state index contributed by atoms with van der Waals surface area (Å²) in [7, 11) is 0. The normalized spacial score (nSPS) is 9.95. The first-order chi connectivity index (χ1) is 9.70. The molecule has 0 unspecified atom stereocenters. The number of hydrogen-bond donors (Lipinski definition) is 3. The van der Waals surface area contributed by atoms with Gasteiger partial charge in [-0.3, -0.25) is 0 Å². The molecule has 2 N–H and O–H groups in total. The maximum atomic E-state index is 8.72. The number of rotatable bonds is 9. The van der Waals surface area contributed by atoms with Crippen LogP contribution in [0.3, 0.4) is 0 Å². The van der Waals surface area contributed by atoms with E-state index in [1.807, 2.05) is 0 Å². The number of phenolic OH excluding ortho intramolecular Hbond substituents is 1. The molecule has 116 valence electrons. The van der Waals surface area contributed by atoms with Crippen LogP contribution in [0, 0.1) is 0 Å². The lowest BCUT2D eigenvalue weighted by molar-refractivity contribution is 0.282. The third kappa shape index (κ3) is 13.8. The van der Waals surface area contributed by atoms with Gasteiger partial charge >= 0.3 is 0 Å². The zero-order valence-electron chi connectivity index (χ0n) is 12.7. The van der Waals surface area contributed by atoms with Gasteiger partial charge in [0.1, 0.15) is 5.75 Å². The van der Waals surface area contributed by atoms with Gasteiger partial charge in [0.05, 0.1) is 0 Å². The van der Waals surface area contributed by atoms with Crippen LogP contribution >= 0.6 is 12.6 Å². The number of benzene rings is 1. The second-order valence-electron chi connectivity index (χ2n) is 5.07. The number of aromatic hydroxyl groups is 1. The van der Waals surface area contributed by atoms with Crippen molar-refractivity contribution in [1.29, 1.82) is 0 Å². The van der Waals surface area contributed by atoms with Crippen molar-refractivity contribution in [3.8, 4) is 5.75 Å². The van der Waals surface area contributed by atoms with Crippen LogP contribution in [0.1, 0.15) is 64.7 Å². The Labute approximate surface area is 129 Å². The van der Waals surface area contributed by atoms with Gasteiger partial charge in [-0.05, 0) is 30.7 Å². The molecule has 3 heteroatoms. The van der Waals surface area contributed by atoms with Crippen LogP contribution in [0.25, 0.3) is 0 Å². The fraction of sp³-hybridized carbons (Fsp3) is 0.647. The Morgan fingerprint density at radius 1 is 0.800 bits per heavy atom. The summed E-state index contributed by atoms with van der Waals surface area (Å²) in [6, 6.07) is 6.67. The molecular formula is C17H30O2S. The number of phenols is 1. The molecule has 0 saturated heterocycles. The Balaban J connectivity index is 0.000000388. The van der Waals surface area contributed by atoms with E-state index in [-0.39, 0.29) is 5.75 Å². The molecule has 0 heterocycles. The minimum atomic E-state index is 0.280. The fourth-order valence-corrected chi connectivity index (χ4v) is 2.02. The summed E-state index contributed by atoms with van der Waals surface area (Å²) < 4.78 is 0. The van der Waals surface area contributed by atoms with Crippen LogP contribution < -0.4 is 0 Å². The molecular weight excluding hydrogens is 268 g/mol. The zero-order valence-corrected chi connectivity index (χ0v) is 13.6. The number of unbranched alkanes of at least 4 members (excludes halogenated alkanes) is 8. The molecule has 1 aromatic carbocycles. The predicted molar refractivity (Wildman–Crippen MR) is 89.7 cm³/mol. The molecule has 0 bridgehead atoms. The summed E-state index contributed by atoms with van der Waals surface area (Å²) in [5, 5.41) is 17.3. The van der Waals surface area contributed by atoms with Crippen LogP contribution in [-0.2, 0) is 0 Å². The maximum absolute atomic E-state index is 8.72. The fourth-order valence-electron chi connectivity index (χ4n) is 1.88. The average molecular weight is 298 g/mol. The van der Waals surface area contributed by atoms with E-state index in [1.54, 1.807) is 24.3 Å². The average Bonchev–Trinajstić information content (AvgIpc) is 2.46. The Bertz CT molecular complexity index is 267. The van der Waals surface area contributed by atoms with Crippen molar-refractivity contribution in [3.63, 3.8) is 0 Å². The van der Waals surface area contributed by atoms with Crippen molar-refractivity contribution in [2.24, 2.45) is 0 Å². The van der Waals surface area contributed by atoms with E-state index < -0.39 is 0 Å². The van der Waals surface area contributed by atoms with Crippen molar-refractivity contribution in [2.75, 3.05) is 6.61 Å². The molecule has 0 radical (unpaired) electrons. The van der Waals surface area contributed by atoms with Crippen molar-refractivity contribution in [3.05, 3.63) is 24.3 Å². The van der Waals surface area contributed by atoms with Crippen LogP contribution in [0.5, 0.6) is 5.75 Å². The minimum Gasteiger partial charge on any atom is -0.508 e. The first kappa shape index (κ1) is 19.3. The van der Waals surface area contributed by atoms with Crippen LogP contribution in [0.4, 0.5) is 0 Å². The van der Waals surface area contributed by atoms with E-state index in [9.17, 15) is 0 Å². The summed E-state index contributed by atoms with van der Waals surface area (Å²) in [6.45, 7) is 2.62. The molecule has 0 saturated carbocycles. The van der Waals surface area contributed by atoms with E-state index in [0.29, 0.717) is 6.61 Å². The van der Waals surface area contributed by atoms with Crippen LogP contribution in [0.2, 0.25) is 0 Å². The van der Waals surface area contributed by atoms with E-state index >= 15 is 0 Å². The molecule has 0 fully saturated rings. The van der Waals surface area contributed by atoms with Gasteiger partial charge in [-0.15, -0.1) is 12.6 Å². The third-order valence-corrected chi connectivity index (χ3v) is 3.41. The molecule has 0 aliphatic carbocycles. The van der Waals surface area contributed by atoms with Gasteiger partial charge in [0.25, 0.3) is 0 Å². The first-order valence-corrected chi connectivity index (χ1v) is 8.24. The van der Waals surface area contributed by atoms with Crippen LogP contribution in [0.15, 0.2) is 29.2 Å². The SMILES string of the molecule is CCCCCCCCCCCO.Oc1ccc(S)cc1. The standard InChI is InChI=1S/C11H24O.C6H6OS/c1-2-3-4-5-6-7-8-9-10-11-12;7-5-1-3-6(8)4-2-5/h12H,2-11H2,1H3;1-4,7-8H. The molecule has 2 nitrogen and oxygen atoms in total. The van der Waals surface area contributed by atoms with E-state index in [0.717, 1.165) is 11.3 Å². The van der Waals surface area contributed by atoms with Crippen molar-refractivity contribution >= 4 is 12.6 Å². The lowest BCUT2D eigenvalue weighted by Crippen LogP contribution is -1.84. The number of aliphatic hydroxyl groups is 1. The monoisotopic (exact) mass is 298 g/mol. The quantitative estimate of drug-likeness (QED) is 0.434. The predicted octanol–water partition coefficient (Wildman–Crippen LogP) is 5.19. The summed E-state index contributed by atoms with van der Waals surface area (Å²) in [4.78, 5) is 0.864. The largest absolute Gasteiger partial charge is 0.508 e. The molecule has 1 aromatic rings. The third-order valence-electron chi connectivity index (χ3n) is 3.11. The first-order valence-electron chi connectivity index (χ1n) is 7.79. The van der Waals surface area contributed by atoms with Gasteiger partial charge in [-0.2, -0.15) is 0 Å². The Morgan fingerprint density at radius 2 is 1.25 bits per heavy atom. The van der Waals surface area contributed by atoms with Crippen molar-refractivity contribution < 1.29 is 10.2 Å². The maximum Gasteiger partial charge on any atom is 0.115 e. The molecule has 0 amide bonds. The summed E-state index contributed by atoms with van der Waals surface area (Å²) >= 11 is 4.02. The molecule has 0 aliphatic heterocycles. The molecule has 0 aliphatic rings. The van der Waals surface area contributed by atoms with E-state index in [2.05, 4.69) is 19.6 Å². The Hall–Kier alpha value is -0.670. The van der Waals surface area contributed by atoms with Crippen molar-refractivity contribution in [2.45, 2.75) is 69.6 Å². The molecule has 0 spiro atoms. The summed E-state index contributed by atoms with van der Waals surface area (Å²) in [5.41, 5.74) is 0. The van der Waals surface area contributed by atoms with Gasteiger partial charge in [0, 0.05) is 11.5 Å². The number of aliphatic hydroxyl groups excluding tert-OH is 1. The summed E-state index contributed by atoms with van der Waals surface area (Å²) in [6.07, 6.45) is 11.8.